The standard InChI is InChI=1S/C41H58O10/c1-25(2)15-12-16-26(3)17-13-18-27(4)19-14-20-28(5)21-22-35-23-36(29(6)30(7)38(35)48-32(9)43)51-41-40(50-34(11)45)39(49-33(10)44)37(24-46-41)47-31(8)42/h15,17,19,21,23,37,39-41H,12-14,16,18,20,22,24H2,1-11H3/b26-17+,27-19+,28-21+/t37-,39+,40-,41+/m1/s1. The Kier molecular flexibility index (Phi) is 17.9. The van der Waals surface area contributed by atoms with Gasteiger partial charge in [0.15, 0.2) is 12.2 Å². The zero-order valence-electron chi connectivity index (χ0n) is 32.4. The highest BCUT2D eigenvalue weighted by molar-refractivity contribution is 5.71. The highest BCUT2D eigenvalue weighted by Crippen LogP contribution is 2.37. The van der Waals surface area contributed by atoms with Crippen molar-refractivity contribution in [1.82, 2.24) is 0 Å². The normalized spacial score (nSPS) is 19.5. The van der Waals surface area contributed by atoms with Gasteiger partial charge in [0, 0.05) is 33.3 Å². The zero-order chi connectivity index (χ0) is 38.2. The van der Waals surface area contributed by atoms with Gasteiger partial charge in [-0.25, -0.2) is 0 Å². The summed E-state index contributed by atoms with van der Waals surface area (Å²) in [4.78, 5) is 48.0. The van der Waals surface area contributed by atoms with Gasteiger partial charge in [0.1, 0.15) is 11.5 Å². The highest BCUT2D eigenvalue weighted by Gasteiger charge is 2.48. The van der Waals surface area contributed by atoms with Crippen LogP contribution in [0, 0.1) is 13.8 Å². The summed E-state index contributed by atoms with van der Waals surface area (Å²) in [6.45, 7) is 19.2. The predicted molar refractivity (Wildman–Crippen MR) is 196 cm³/mol. The number of allylic oxidation sites excluding steroid dienone is 8. The number of esters is 4. The molecule has 282 valence electrons. The van der Waals surface area contributed by atoms with Crippen LogP contribution in [0.4, 0.5) is 0 Å². The maximum atomic E-state index is 12.1. The number of hydrogen-bond acceptors (Lipinski definition) is 10. The van der Waals surface area contributed by atoms with Crippen molar-refractivity contribution in [2.24, 2.45) is 0 Å². The van der Waals surface area contributed by atoms with Gasteiger partial charge in [-0.3, -0.25) is 19.2 Å². The molecule has 0 N–H and O–H groups in total. The molecule has 0 radical (unpaired) electrons. The fourth-order valence-electron chi connectivity index (χ4n) is 5.69. The lowest BCUT2D eigenvalue weighted by atomic mass is 9.99. The Morgan fingerprint density at radius 2 is 1.18 bits per heavy atom. The molecular formula is C41H58O10. The van der Waals surface area contributed by atoms with E-state index in [0.29, 0.717) is 29.0 Å². The van der Waals surface area contributed by atoms with Crippen LogP contribution in [0.1, 0.15) is 118 Å². The minimum absolute atomic E-state index is 0.167. The number of carbonyl (C=O) groups is 4. The summed E-state index contributed by atoms with van der Waals surface area (Å²) in [5.74, 6) is -1.53. The van der Waals surface area contributed by atoms with Crippen LogP contribution in [0.15, 0.2) is 52.7 Å². The Labute approximate surface area is 304 Å². The van der Waals surface area contributed by atoms with Gasteiger partial charge in [-0.1, -0.05) is 46.6 Å². The van der Waals surface area contributed by atoms with Crippen LogP contribution in [-0.4, -0.2) is 55.1 Å². The van der Waals surface area contributed by atoms with Crippen LogP contribution in [0.3, 0.4) is 0 Å². The molecule has 1 aromatic rings. The van der Waals surface area contributed by atoms with Crippen LogP contribution in [-0.2, 0) is 44.5 Å². The first-order chi connectivity index (χ1) is 24.0. The molecule has 10 heteroatoms. The maximum absolute atomic E-state index is 12.1. The van der Waals surface area contributed by atoms with Crippen molar-refractivity contribution in [2.75, 3.05) is 6.61 Å². The first-order valence-corrected chi connectivity index (χ1v) is 17.7. The molecular weight excluding hydrogens is 652 g/mol. The minimum atomic E-state index is -1.24. The van der Waals surface area contributed by atoms with Gasteiger partial charge >= 0.3 is 23.9 Å². The van der Waals surface area contributed by atoms with E-state index in [1.54, 1.807) is 6.07 Å². The van der Waals surface area contributed by atoms with E-state index in [1.165, 1.54) is 50.0 Å². The first kappa shape index (κ1) is 43.0. The van der Waals surface area contributed by atoms with Gasteiger partial charge in [0.25, 0.3) is 0 Å². The minimum Gasteiger partial charge on any atom is -0.460 e. The van der Waals surface area contributed by atoms with E-state index in [9.17, 15) is 19.2 Å². The third kappa shape index (κ3) is 15.3. The third-order valence-electron chi connectivity index (χ3n) is 8.49. The molecule has 1 heterocycles. The molecule has 0 spiro atoms. The fourth-order valence-corrected chi connectivity index (χ4v) is 5.69. The van der Waals surface area contributed by atoms with E-state index in [-0.39, 0.29) is 6.61 Å². The monoisotopic (exact) mass is 710 g/mol. The van der Waals surface area contributed by atoms with E-state index in [0.717, 1.165) is 44.1 Å². The van der Waals surface area contributed by atoms with Crippen molar-refractivity contribution in [3.8, 4) is 11.5 Å². The molecule has 0 unspecified atom stereocenters. The molecule has 10 nitrogen and oxygen atoms in total. The lowest BCUT2D eigenvalue weighted by molar-refractivity contribution is -0.259. The summed E-state index contributed by atoms with van der Waals surface area (Å²) in [6, 6.07) is 1.77. The van der Waals surface area contributed by atoms with E-state index in [1.807, 2.05) is 13.8 Å². The van der Waals surface area contributed by atoms with Crippen LogP contribution in [0.5, 0.6) is 11.5 Å². The van der Waals surface area contributed by atoms with E-state index in [4.69, 9.17) is 28.4 Å². The maximum Gasteiger partial charge on any atom is 0.308 e. The SMILES string of the molecule is CC(=O)Oc1c(C/C=C(\C)CC/C=C(\C)CC/C=C(\C)CCC=C(C)C)cc(O[C@@H]2OC[C@@H](OC(C)=O)[C@H](OC(C)=O)[C@H]2OC(C)=O)c(C)c1C. The van der Waals surface area contributed by atoms with Crippen molar-refractivity contribution >= 4 is 23.9 Å². The lowest BCUT2D eigenvalue weighted by Gasteiger charge is -2.40. The molecule has 51 heavy (non-hydrogen) atoms. The fraction of sp³-hybridized carbons (Fsp3) is 0.561. The molecule has 1 aliphatic heterocycles. The van der Waals surface area contributed by atoms with Crippen LogP contribution >= 0.6 is 0 Å². The number of rotatable bonds is 17. The quantitative estimate of drug-likeness (QED) is 0.0673. The van der Waals surface area contributed by atoms with Crippen molar-refractivity contribution in [1.29, 1.82) is 0 Å². The second kappa shape index (κ2) is 21.2. The average Bonchev–Trinajstić information content (AvgIpc) is 3.01. The molecule has 0 aliphatic carbocycles. The molecule has 0 bridgehead atoms. The van der Waals surface area contributed by atoms with Crippen LogP contribution < -0.4 is 9.47 Å². The summed E-state index contributed by atoms with van der Waals surface area (Å²) in [5, 5.41) is 0. The number of ether oxygens (including phenoxy) is 6. The van der Waals surface area contributed by atoms with Crippen LogP contribution in [0.25, 0.3) is 0 Å². The van der Waals surface area contributed by atoms with E-state index in [2.05, 4.69) is 58.9 Å². The van der Waals surface area contributed by atoms with Gasteiger partial charge < -0.3 is 28.4 Å². The second-order valence-corrected chi connectivity index (χ2v) is 13.6. The third-order valence-corrected chi connectivity index (χ3v) is 8.49. The van der Waals surface area contributed by atoms with Gasteiger partial charge in [-0.05, 0) is 111 Å². The summed E-state index contributed by atoms with van der Waals surface area (Å²) in [7, 11) is 0. The number of benzene rings is 1. The van der Waals surface area contributed by atoms with Gasteiger partial charge in [0.05, 0.1) is 6.61 Å². The van der Waals surface area contributed by atoms with Gasteiger partial charge in [-0.15, -0.1) is 0 Å². The first-order valence-electron chi connectivity index (χ1n) is 17.7. The Morgan fingerprint density at radius 3 is 1.69 bits per heavy atom. The zero-order valence-corrected chi connectivity index (χ0v) is 32.4. The molecule has 2 rings (SSSR count). The average molecular weight is 711 g/mol. The summed E-state index contributed by atoms with van der Waals surface area (Å²) < 4.78 is 34.2. The van der Waals surface area contributed by atoms with Crippen molar-refractivity contribution in [3.63, 3.8) is 0 Å². The topological polar surface area (TPSA) is 124 Å². The molecule has 1 aliphatic rings. The summed E-state index contributed by atoms with van der Waals surface area (Å²) in [6.07, 6.45) is 10.9. The lowest BCUT2D eigenvalue weighted by Crippen LogP contribution is -2.59. The molecule has 0 saturated carbocycles. The van der Waals surface area contributed by atoms with Crippen molar-refractivity contribution in [2.45, 2.75) is 146 Å². The molecule has 1 fully saturated rings. The van der Waals surface area contributed by atoms with Gasteiger partial charge in [0.2, 0.25) is 12.4 Å². The Bertz CT molecular complexity index is 1510. The highest BCUT2D eigenvalue weighted by atomic mass is 16.7. The van der Waals surface area contributed by atoms with E-state index < -0.39 is 48.5 Å². The molecule has 1 saturated heterocycles. The van der Waals surface area contributed by atoms with Crippen LogP contribution in [0.2, 0.25) is 0 Å². The van der Waals surface area contributed by atoms with Gasteiger partial charge in [-0.2, -0.15) is 0 Å². The summed E-state index contributed by atoms with van der Waals surface area (Å²) >= 11 is 0. The smallest absolute Gasteiger partial charge is 0.308 e. The molecule has 1 aromatic carbocycles. The van der Waals surface area contributed by atoms with Crippen molar-refractivity contribution in [3.05, 3.63) is 69.4 Å². The van der Waals surface area contributed by atoms with E-state index >= 15 is 0 Å². The Hall–Kier alpha value is -4.18. The Balaban J connectivity index is 2.25. The molecule has 4 atom stereocenters. The summed E-state index contributed by atoms with van der Waals surface area (Å²) in [5.41, 5.74) is 7.44. The Morgan fingerprint density at radius 1 is 0.667 bits per heavy atom. The molecule has 0 amide bonds. The van der Waals surface area contributed by atoms with Crippen molar-refractivity contribution < 1.29 is 47.6 Å². The largest absolute Gasteiger partial charge is 0.460 e. The predicted octanol–water partition coefficient (Wildman–Crippen LogP) is 8.45. The number of hydrogen-bond donors (Lipinski definition) is 0. The second-order valence-electron chi connectivity index (χ2n) is 13.6. The number of carbonyl (C=O) groups excluding carboxylic acids is 4. The molecule has 0 aromatic heterocycles.